The Balaban J connectivity index is 1.97. The van der Waals surface area contributed by atoms with Crippen LogP contribution < -0.4 is 10.6 Å². The molecule has 0 fully saturated rings. The van der Waals surface area contributed by atoms with E-state index in [0.29, 0.717) is 0 Å². The zero-order chi connectivity index (χ0) is 16.7. The number of carbonyl (C=O) groups excluding carboxylic acids is 1. The van der Waals surface area contributed by atoms with Gasteiger partial charge in [0.15, 0.2) is 0 Å². The van der Waals surface area contributed by atoms with E-state index in [4.69, 9.17) is 0 Å². The van der Waals surface area contributed by atoms with E-state index in [0.717, 1.165) is 29.7 Å². The van der Waals surface area contributed by atoms with Gasteiger partial charge in [-0.15, -0.1) is 0 Å². The number of rotatable bonds is 7. The fourth-order valence-corrected chi connectivity index (χ4v) is 2.46. The Kier molecular flexibility index (Phi) is 6.29. The predicted octanol–water partition coefficient (Wildman–Crippen LogP) is 3.31. The summed E-state index contributed by atoms with van der Waals surface area (Å²) < 4.78 is 0. The van der Waals surface area contributed by atoms with Crippen molar-refractivity contribution in [3.8, 4) is 11.1 Å². The van der Waals surface area contributed by atoms with Crippen LogP contribution in [0.2, 0.25) is 0 Å². The van der Waals surface area contributed by atoms with Crippen LogP contribution in [0.4, 0.5) is 0 Å². The van der Waals surface area contributed by atoms with Gasteiger partial charge in [-0.05, 0) is 49.1 Å². The van der Waals surface area contributed by atoms with E-state index in [-0.39, 0.29) is 18.0 Å². The van der Waals surface area contributed by atoms with Crippen LogP contribution in [0.1, 0.15) is 38.8 Å². The summed E-state index contributed by atoms with van der Waals surface area (Å²) >= 11 is 0. The molecule has 2 aromatic rings. The van der Waals surface area contributed by atoms with Crippen LogP contribution in [-0.4, -0.2) is 23.5 Å². The first-order valence-corrected chi connectivity index (χ1v) is 8.16. The molecule has 1 aromatic carbocycles. The molecule has 2 N–H and O–H groups in total. The van der Waals surface area contributed by atoms with Crippen LogP contribution >= 0.6 is 0 Å². The minimum absolute atomic E-state index is 0.0482. The van der Waals surface area contributed by atoms with E-state index in [2.05, 4.69) is 46.8 Å². The molecule has 1 aromatic heterocycles. The number of pyridine rings is 1. The van der Waals surface area contributed by atoms with Gasteiger partial charge in [-0.1, -0.05) is 31.2 Å². The lowest BCUT2D eigenvalue weighted by Gasteiger charge is -2.20. The van der Waals surface area contributed by atoms with E-state index in [9.17, 15) is 4.79 Å². The molecule has 2 atom stereocenters. The molecule has 1 heterocycles. The number of amides is 1. The number of benzene rings is 1. The Bertz CT molecular complexity index is 610. The molecule has 122 valence electrons. The second kappa shape index (κ2) is 8.44. The molecule has 0 saturated heterocycles. The average molecular weight is 311 g/mol. The van der Waals surface area contributed by atoms with Crippen molar-refractivity contribution >= 4 is 5.91 Å². The van der Waals surface area contributed by atoms with Crippen LogP contribution in [0.25, 0.3) is 11.1 Å². The van der Waals surface area contributed by atoms with Crippen LogP contribution in [0, 0.1) is 0 Å². The second-order valence-electron chi connectivity index (χ2n) is 5.76. The summed E-state index contributed by atoms with van der Waals surface area (Å²) in [4.78, 5) is 16.0. The first kappa shape index (κ1) is 17.2. The predicted molar refractivity (Wildman–Crippen MR) is 94.0 cm³/mol. The van der Waals surface area contributed by atoms with Gasteiger partial charge in [-0.3, -0.25) is 15.1 Å². The highest BCUT2D eigenvalue weighted by Crippen LogP contribution is 2.21. The van der Waals surface area contributed by atoms with E-state index >= 15 is 0 Å². The molecule has 0 aliphatic heterocycles. The number of hydrogen-bond acceptors (Lipinski definition) is 3. The molecule has 2 unspecified atom stereocenters. The summed E-state index contributed by atoms with van der Waals surface area (Å²) in [6.45, 7) is 6.74. The Hall–Kier alpha value is -2.20. The highest BCUT2D eigenvalue weighted by molar-refractivity contribution is 5.81. The van der Waals surface area contributed by atoms with Gasteiger partial charge in [0, 0.05) is 25.0 Å². The minimum Gasteiger partial charge on any atom is -0.355 e. The topological polar surface area (TPSA) is 54.0 Å². The van der Waals surface area contributed by atoms with Crippen molar-refractivity contribution in [2.24, 2.45) is 0 Å². The molecular formula is C19H25N3O. The van der Waals surface area contributed by atoms with Gasteiger partial charge in [0.1, 0.15) is 0 Å². The molecule has 4 heteroatoms. The summed E-state index contributed by atoms with van der Waals surface area (Å²) in [6, 6.07) is 12.3. The molecule has 0 aliphatic carbocycles. The molecule has 23 heavy (non-hydrogen) atoms. The Morgan fingerprint density at radius 3 is 2.26 bits per heavy atom. The van der Waals surface area contributed by atoms with Gasteiger partial charge in [0.05, 0.1) is 6.04 Å². The number of aromatic nitrogens is 1. The van der Waals surface area contributed by atoms with E-state index in [1.165, 1.54) is 0 Å². The van der Waals surface area contributed by atoms with Gasteiger partial charge in [0.2, 0.25) is 5.91 Å². The number of carbonyl (C=O) groups is 1. The van der Waals surface area contributed by atoms with Crippen LogP contribution in [0.15, 0.2) is 48.8 Å². The molecule has 0 radical (unpaired) electrons. The lowest BCUT2D eigenvalue weighted by molar-refractivity contribution is -0.122. The third kappa shape index (κ3) is 4.89. The summed E-state index contributed by atoms with van der Waals surface area (Å²) in [5, 5.41) is 6.25. The fraction of sp³-hybridized carbons (Fsp3) is 0.368. The maximum Gasteiger partial charge on any atom is 0.236 e. The van der Waals surface area contributed by atoms with Crippen molar-refractivity contribution in [1.29, 1.82) is 0 Å². The van der Waals surface area contributed by atoms with Crippen molar-refractivity contribution in [2.45, 2.75) is 39.3 Å². The molecule has 0 spiro atoms. The second-order valence-corrected chi connectivity index (χ2v) is 5.76. The highest BCUT2D eigenvalue weighted by Gasteiger charge is 2.15. The zero-order valence-electron chi connectivity index (χ0n) is 14.0. The van der Waals surface area contributed by atoms with Crippen molar-refractivity contribution < 1.29 is 4.79 Å². The Morgan fingerprint density at radius 1 is 1.04 bits per heavy atom. The van der Waals surface area contributed by atoms with Crippen molar-refractivity contribution in [1.82, 2.24) is 15.6 Å². The largest absolute Gasteiger partial charge is 0.355 e. The molecule has 0 bridgehead atoms. The molecule has 1 amide bonds. The quantitative estimate of drug-likeness (QED) is 0.825. The van der Waals surface area contributed by atoms with Crippen LogP contribution in [0.3, 0.4) is 0 Å². The summed E-state index contributed by atoms with van der Waals surface area (Å²) in [5.74, 6) is 0.0482. The molecule has 4 nitrogen and oxygen atoms in total. The SMILES string of the molecule is CCCNC(=O)C(C)NC(C)c1ccc(-c2ccncc2)cc1. The van der Waals surface area contributed by atoms with Gasteiger partial charge >= 0.3 is 0 Å². The van der Waals surface area contributed by atoms with Crippen LogP contribution in [0.5, 0.6) is 0 Å². The van der Waals surface area contributed by atoms with Crippen molar-refractivity contribution in [3.05, 3.63) is 54.4 Å². The summed E-state index contributed by atoms with van der Waals surface area (Å²) in [5.41, 5.74) is 3.48. The lowest BCUT2D eigenvalue weighted by atomic mass is 10.0. The normalized spacial score (nSPS) is 13.3. The number of nitrogens with zero attached hydrogens (tertiary/aromatic N) is 1. The Labute approximate surface area is 138 Å². The molecule has 0 aliphatic rings. The smallest absolute Gasteiger partial charge is 0.236 e. The third-order valence-electron chi connectivity index (χ3n) is 3.87. The zero-order valence-corrected chi connectivity index (χ0v) is 14.0. The van der Waals surface area contributed by atoms with Crippen LogP contribution in [-0.2, 0) is 4.79 Å². The maximum absolute atomic E-state index is 11.9. The first-order chi connectivity index (χ1) is 11.1. The van der Waals surface area contributed by atoms with E-state index < -0.39 is 0 Å². The number of hydrogen-bond donors (Lipinski definition) is 2. The average Bonchev–Trinajstić information content (AvgIpc) is 2.60. The lowest BCUT2D eigenvalue weighted by Crippen LogP contribution is -2.43. The van der Waals surface area contributed by atoms with Crippen molar-refractivity contribution in [3.63, 3.8) is 0 Å². The summed E-state index contributed by atoms with van der Waals surface area (Å²) in [6.07, 6.45) is 4.54. The van der Waals surface area contributed by atoms with Crippen molar-refractivity contribution in [2.75, 3.05) is 6.54 Å². The molecular weight excluding hydrogens is 286 g/mol. The van der Waals surface area contributed by atoms with Gasteiger partial charge < -0.3 is 5.32 Å². The molecule has 2 rings (SSSR count). The highest BCUT2D eigenvalue weighted by atomic mass is 16.2. The standard InChI is InChI=1S/C19H25N3O/c1-4-11-21-19(23)15(3)22-14(2)16-5-7-17(8-6-16)18-9-12-20-13-10-18/h5-10,12-15,22H,4,11H2,1-3H3,(H,21,23). The van der Waals surface area contributed by atoms with Gasteiger partial charge in [-0.25, -0.2) is 0 Å². The Morgan fingerprint density at radius 2 is 1.65 bits per heavy atom. The minimum atomic E-state index is -0.212. The monoisotopic (exact) mass is 311 g/mol. The summed E-state index contributed by atoms with van der Waals surface area (Å²) in [7, 11) is 0. The van der Waals surface area contributed by atoms with Gasteiger partial charge in [-0.2, -0.15) is 0 Å². The third-order valence-corrected chi connectivity index (χ3v) is 3.87. The maximum atomic E-state index is 11.9. The van der Waals surface area contributed by atoms with Gasteiger partial charge in [0.25, 0.3) is 0 Å². The fourth-order valence-electron chi connectivity index (χ4n) is 2.46. The number of nitrogens with one attached hydrogen (secondary N) is 2. The van der Waals surface area contributed by atoms with E-state index in [1.807, 2.05) is 26.0 Å². The molecule has 0 saturated carbocycles. The first-order valence-electron chi connectivity index (χ1n) is 8.16. The van der Waals surface area contributed by atoms with E-state index in [1.54, 1.807) is 12.4 Å².